The number of hydrogen-bond donors (Lipinski definition) is 1. The van der Waals surface area contributed by atoms with Crippen molar-refractivity contribution in [2.75, 3.05) is 10.2 Å². The molecular weight excluding hydrogens is 585 g/mol. The minimum absolute atomic E-state index is 0.0168. The lowest BCUT2D eigenvalue weighted by Crippen LogP contribution is -2.30. The van der Waals surface area contributed by atoms with E-state index in [2.05, 4.69) is 5.32 Å². The molecule has 0 aliphatic carbocycles. The highest BCUT2D eigenvalue weighted by molar-refractivity contribution is 6.35. The standard InChI is InChI=1S/C32H22ClF3N2O5/c1-17-8-9-18(2)26(14-17)38-29(40)22-12-10-20(15-23(22)30(38)41)31(42)43-27(19-6-4-3-5-7-19)28(39)37-25-16-21(32(34,35)36)11-13-24(25)33/h3-16,27H,1-2H3,(H,37,39). The predicted octanol–water partition coefficient (Wildman–Crippen LogP) is 7.31. The van der Waals surface area contributed by atoms with Crippen LogP contribution in [0.3, 0.4) is 0 Å². The van der Waals surface area contributed by atoms with Crippen LogP contribution in [0.1, 0.15) is 59.4 Å². The van der Waals surface area contributed by atoms with Gasteiger partial charge in [-0.2, -0.15) is 13.2 Å². The highest BCUT2D eigenvalue weighted by Crippen LogP contribution is 2.35. The average molecular weight is 607 g/mol. The van der Waals surface area contributed by atoms with Gasteiger partial charge in [0, 0.05) is 5.56 Å². The molecule has 0 fully saturated rings. The van der Waals surface area contributed by atoms with E-state index in [0.29, 0.717) is 17.3 Å². The van der Waals surface area contributed by atoms with Crippen LogP contribution in [0.15, 0.2) is 84.9 Å². The van der Waals surface area contributed by atoms with Gasteiger partial charge in [0.1, 0.15) is 0 Å². The number of fused-ring (bicyclic) bond motifs is 1. The molecule has 0 saturated carbocycles. The quantitative estimate of drug-likeness (QED) is 0.183. The van der Waals surface area contributed by atoms with Gasteiger partial charge in [-0.3, -0.25) is 14.4 Å². The normalized spacial score (nSPS) is 13.5. The van der Waals surface area contributed by atoms with Gasteiger partial charge in [0.05, 0.1) is 38.7 Å². The van der Waals surface area contributed by atoms with Crippen molar-refractivity contribution in [2.45, 2.75) is 26.1 Å². The number of nitrogens with zero attached hydrogens (tertiary/aromatic N) is 1. The van der Waals surface area contributed by atoms with E-state index >= 15 is 0 Å². The average Bonchev–Trinajstić information content (AvgIpc) is 3.22. The summed E-state index contributed by atoms with van der Waals surface area (Å²) in [6.07, 6.45) is -6.29. The number of nitrogens with one attached hydrogen (secondary N) is 1. The third kappa shape index (κ3) is 5.87. The van der Waals surface area contributed by atoms with Crippen molar-refractivity contribution < 1.29 is 37.1 Å². The summed E-state index contributed by atoms with van der Waals surface area (Å²) in [4.78, 5) is 54.1. The highest BCUT2D eigenvalue weighted by Gasteiger charge is 2.38. The molecule has 1 aliphatic heterocycles. The van der Waals surface area contributed by atoms with Crippen LogP contribution in [0.5, 0.6) is 0 Å². The second-order valence-electron chi connectivity index (χ2n) is 9.87. The molecule has 1 heterocycles. The maximum atomic E-state index is 13.3. The minimum Gasteiger partial charge on any atom is -0.444 e. The first-order valence-corrected chi connectivity index (χ1v) is 13.3. The number of anilines is 2. The third-order valence-corrected chi connectivity index (χ3v) is 7.17. The lowest BCUT2D eigenvalue weighted by molar-refractivity contribution is -0.137. The van der Waals surface area contributed by atoms with Gasteiger partial charge >= 0.3 is 12.1 Å². The number of benzene rings is 4. The molecule has 0 radical (unpaired) electrons. The first-order chi connectivity index (χ1) is 20.3. The SMILES string of the molecule is Cc1ccc(C)c(N2C(=O)c3ccc(C(=O)OC(C(=O)Nc4cc(C(F)(F)F)ccc4Cl)c4ccccc4)cc3C2=O)c1. The molecule has 0 bridgehead atoms. The molecule has 3 amide bonds. The van der Waals surface area contributed by atoms with Crippen LogP contribution >= 0.6 is 11.6 Å². The lowest BCUT2D eigenvalue weighted by atomic mass is 10.1. The van der Waals surface area contributed by atoms with Gasteiger partial charge in [0.2, 0.25) is 6.10 Å². The van der Waals surface area contributed by atoms with E-state index in [1.54, 1.807) is 37.3 Å². The van der Waals surface area contributed by atoms with Crippen molar-refractivity contribution >= 4 is 46.7 Å². The lowest BCUT2D eigenvalue weighted by Gasteiger charge is -2.19. The van der Waals surface area contributed by atoms with Crippen molar-refractivity contribution in [2.24, 2.45) is 0 Å². The largest absolute Gasteiger partial charge is 0.444 e. The molecule has 5 rings (SSSR count). The monoisotopic (exact) mass is 606 g/mol. The molecule has 218 valence electrons. The Morgan fingerprint density at radius 3 is 2.26 bits per heavy atom. The Hall–Kier alpha value is -4.96. The summed E-state index contributed by atoms with van der Waals surface area (Å²) in [6, 6.07) is 19.5. The van der Waals surface area contributed by atoms with Gasteiger partial charge < -0.3 is 10.1 Å². The zero-order valence-corrected chi connectivity index (χ0v) is 23.4. The Bertz CT molecular complexity index is 1790. The van der Waals surface area contributed by atoms with E-state index in [4.69, 9.17) is 16.3 Å². The minimum atomic E-state index is -4.69. The molecule has 0 spiro atoms. The van der Waals surface area contributed by atoms with Gasteiger partial charge in [0.25, 0.3) is 17.7 Å². The topological polar surface area (TPSA) is 92.8 Å². The Morgan fingerprint density at radius 1 is 0.860 bits per heavy atom. The summed E-state index contributed by atoms with van der Waals surface area (Å²) >= 11 is 6.04. The van der Waals surface area contributed by atoms with Crippen LogP contribution in [0.2, 0.25) is 5.02 Å². The number of ether oxygens (including phenoxy) is 1. The zero-order chi connectivity index (χ0) is 31.1. The molecule has 0 aromatic heterocycles. The Morgan fingerprint density at radius 2 is 1.56 bits per heavy atom. The first kappa shape index (κ1) is 29.5. The van der Waals surface area contributed by atoms with E-state index in [1.165, 1.54) is 30.3 Å². The fraction of sp³-hybridized carbons (Fsp3) is 0.125. The van der Waals surface area contributed by atoms with E-state index in [0.717, 1.165) is 22.6 Å². The number of alkyl halides is 3. The van der Waals surface area contributed by atoms with Crippen LogP contribution in [-0.4, -0.2) is 23.7 Å². The van der Waals surface area contributed by atoms with E-state index < -0.39 is 41.5 Å². The molecule has 0 saturated heterocycles. The van der Waals surface area contributed by atoms with Gasteiger partial charge in [-0.25, -0.2) is 9.69 Å². The molecule has 1 atom stereocenters. The molecule has 7 nitrogen and oxygen atoms in total. The van der Waals surface area contributed by atoms with E-state index in [9.17, 15) is 32.3 Å². The molecular formula is C32H22ClF3N2O5. The van der Waals surface area contributed by atoms with E-state index in [-0.39, 0.29) is 33.0 Å². The van der Waals surface area contributed by atoms with Crippen LogP contribution in [0, 0.1) is 13.8 Å². The summed E-state index contributed by atoms with van der Waals surface area (Å²) in [5.74, 6) is -3.14. The number of carbonyl (C=O) groups excluding carboxylic acids is 4. The number of esters is 1. The Labute approximate surface area is 248 Å². The number of carbonyl (C=O) groups is 4. The number of amides is 3. The second-order valence-corrected chi connectivity index (χ2v) is 10.3. The van der Waals surface area contributed by atoms with Crippen molar-refractivity contribution in [1.82, 2.24) is 0 Å². The zero-order valence-electron chi connectivity index (χ0n) is 22.7. The van der Waals surface area contributed by atoms with Crippen LogP contribution in [0.4, 0.5) is 24.5 Å². The van der Waals surface area contributed by atoms with Crippen molar-refractivity contribution in [3.05, 3.63) is 129 Å². The summed E-state index contributed by atoms with van der Waals surface area (Å²) in [7, 11) is 0. The van der Waals surface area contributed by atoms with Crippen LogP contribution in [-0.2, 0) is 15.7 Å². The molecule has 1 aliphatic rings. The summed E-state index contributed by atoms with van der Waals surface area (Å²) in [5, 5.41) is 2.16. The number of imide groups is 1. The Kier molecular flexibility index (Phi) is 7.81. The second kappa shape index (κ2) is 11.4. The summed E-state index contributed by atoms with van der Waals surface area (Å²) in [5.41, 5.74) is 0.800. The van der Waals surface area contributed by atoms with Gasteiger partial charge in [0.15, 0.2) is 0 Å². The highest BCUT2D eigenvalue weighted by atomic mass is 35.5. The third-order valence-electron chi connectivity index (χ3n) is 6.84. The predicted molar refractivity (Wildman–Crippen MR) is 153 cm³/mol. The maximum Gasteiger partial charge on any atom is 0.416 e. The first-order valence-electron chi connectivity index (χ1n) is 12.9. The summed E-state index contributed by atoms with van der Waals surface area (Å²) < 4.78 is 45.3. The smallest absolute Gasteiger partial charge is 0.416 e. The maximum absolute atomic E-state index is 13.3. The van der Waals surface area contributed by atoms with Crippen molar-refractivity contribution in [3.8, 4) is 0 Å². The molecule has 4 aromatic carbocycles. The summed E-state index contributed by atoms with van der Waals surface area (Å²) in [6.45, 7) is 3.60. The number of hydrogen-bond acceptors (Lipinski definition) is 5. The van der Waals surface area contributed by atoms with E-state index in [1.807, 2.05) is 13.0 Å². The fourth-order valence-corrected chi connectivity index (χ4v) is 4.78. The molecule has 11 heteroatoms. The molecule has 43 heavy (non-hydrogen) atoms. The molecule has 4 aromatic rings. The fourth-order valence-electron chi connectivity index (χ4n) is 4.62. The Balaban J connectivity index is 1.43. The molecule has 1 N–H and O–H groups in total. The van der Waals surface area contributed by atoms with Crippen molar-refractivity contribution in [1.29, 1.82) is 0 Å². The van der Waals surface area contributed by atoms with Gasteiger partial charge in [-0.1, -0.05) is 54.1 Å². The number of rotatable bonds is 6. The van der Waals surface area contributed by atoms with Gasteiger partial charge in [-0.15, -0.1) is 0 Å². The van der Waals surface area contributed by atoms with Crippen LogP contribution < -0.4 is 10.2 Å². The number of halogens is 4. The van der Waals surface area contributed by atoms with Gasteiger partial charge in [-0.05, 0) is 67.4 Å². The van der Waals surface area contributed by atoms with Crippen LogP contribution in [0.25, 0.3) is 0 Å². The van der Waals surface area contributed by atoms with Crippen molar-refractivity contribution in [3.63, 3.8) is 0 Å². The molecule has 1 unspecified atom stereocenters. The number of aryl methyl sites for hydroxylation is 2.